The number of hydrogen-bond acceptors (Lipinski definition) is 4. The van der Waals surface area contributed by atoms with E-state index in [4.69, 9.17) is 4.74 Å². The van der Waals surface area contributed by atoms with Crippen molar-refractivity contribution in [1.29, 1.82) is 0 Å². The van der Waals surface area contributed by atoms with Gasteiger partial charge in [-0.2, -0.15) is 0 Å². The average molecular weight is 346 g/mol. The number of aliphatic hydroxyl groups excluding tert-OH is 1. The van der Waals surface area contributed by atoms with Gasteiger partial charge in [0.1, 0.15) is 17.8 Å². The van der Waals surface area contributed by atoms with Crippen molar-refractivity contribution in [3.05, 3.63) is 33.9 Å². The van der Waals surface area contributed by atoms with Crippen molar-refractivity contribution in [2.24, 2.45) is 5.41 Å². The Bertz CT molecular complexity index is 695. The van der Waals surface area contributed by atoms with Crippen molar-refractivity contribution in [3.63, 3.8) is 0 Å². The fourth-order valence-corrected chi connectivity index (χ4v) is 5.02. The lowest BCUT2D eigenvalue weighted by Crippen LogP contribution is -2.59. The van der Waals surface area contributed by atoms with E-state index >= 15 is 0 Å². The van der Waals surface area contributed by atoms with E-state index in [2.05, 4.69) is 13.0 Å². The van der Waals surface area contributed by atoms with Gasteiger partial charge >= 0.3 is 5.97 Å². The van der Waals surface area contributed by atoms with Crippen LogP contribution < -0.4 is 0 Å². The van der Waals surface area contributed by atoms with Gasteiger partial charge < -0.3 is 14.9 Å². The third kappa shape index (κ3) is 2.70. The maximum Gasteiger partial charge on any atom is 0.303 e. The molecule has 3 aliphatic carbocycles. The van der Waals surface area contributed by atoms with Crippen LogP contribution >= 0.6 is 0 Å². The summed E-state index contributed by atoms with van der Waals surface area (Å²) >= 11 is 0. The summed E-state index contributed by atoms with van der Waals surface area (Å²) in [6, 6.07) is 0. The lowest BCUT2D eigenvalue weighted by Gasteiger charge is -2.54. The minimum atomic E-state index is -1.21. The van der Waals surface area contributed by atoms with E-state index in [1.54, 1.807) is 0 Å². The van der Waals surface area contributed by atoms with E-state index in [0.29, 0.717) is 12.8 Å². The highest BCUT2D eigenvalue weighted by atomic mass is 16.5. The normalized spacial score (nSPS) is 34.8. The molecule has 2 N–H and O–H groups in total. The number of carbonyl (C=O) groups is 1. The maximum absolute atomic E-state index is 11.7. The van der Waals surface area contributed by atoms with Crippen LogP contribution in [0.15, 0.2) is 33.9 Å². The first kappa shape index (κ1) is 18.4. The molecule has 4 nitrogen and oxygen atoms in total. The van der Waals surface area contributed by atoms with Crippen LogP contribution in [-0.2, 0) is 9.53 Å². The third-order valence-corrected chi connectivity index (χ3v) is 6.66. The molecule has 1 fully saturated rings. The largest absolute Gasteiger partial charge is 0.457 e. The van der Waals surface area contributed by atoms with Crippen molar-refractivity contribution in [2.75, 3.05) is 0 Å². The minimum Gasteiger partial charge on any atom is -0.457 e. The van der Waals surface area contributed by atoms with Gasteiger partial charge in [0.25, 0.3) is 0 Å². The van der Waals surface area contributed by atoms with Crippen LogP contribution in [-0.4, -0.2) is 34.0 Å². The predicted molar refractivity (Wildman–Crippen MR) is 96.9 cm³/mol. The average Bonchev–Trinajstić information content (AvgIpc) is 2.52. The number of ether oxygens (including phenoxy) is 1. The highest BCUT2D eigenvalue weighted by Crippen LogP contribution is 2.55. The van der Waals surface area contributed by atoms with E-state index in [0.717, 1.165) is 41.6 Å². The summed E-state index contributed by atoms with van der Waals surface area (Å²) in [5.74, 6) is -0.314. The second-order valence-electron chi connectivity index (χ2n) is 8.41. The summed E-state index contributed by atoms with van der Waals surface area (Å²) in [5.41, 5.74) is 3.30. The van der Waals surface area contributed by atoms with Crippen LogP contribution in [0, 0.1) is 5.41 Å². The van der Waals surface area contributed by atoms with Gasteiger partial charge in [0.15, 0.2) is 0 Å². The molecule has 0 aromatic rings. The SMILES string of the molecule is CC(=O)O[C@H]1CC2=C(C)CC[C@](O)([C@@H](O)C3=C(C)CCC=C31)C2(C)C. The van der Waals surface area contributed by atoms with Gasteiger partial charge in [0, 0.05) is 18.8 Å². The molecule has 0 aromatic carbocycles. The zero-order valence-corrected chi connectivity index (χ0v) is 16.0. The van der Waals surface area contributed by atoms with E-state index in [1.807, 2.05) is 20.8 Å². The van der Waals surface area contributed by atoms with E-state index in [1.165, 1.54) is 12.5 Å². The van der Waals surface area contributed by atoms with Gasteiger partial charge in [-0.05, 0) is 50.7 Å². The Hall–Kier alpha value is -1.39. The molecule has 2 bridgehead atoms. The molecule has 0 aliphatic heterocycles. The molecule has 1 saturated carbocycles. The van der Waals surface area contributed by atoms with Crippen molar-refractivity contribution in [1.82, 2.24) is 0 Å². The minimum absolute atomic E-state index is 0.314. The molecule has 4 heteroatoms. The fraction of sp³-hybridized carbons (Fsp3) is 0.667. The van der Waals surface area contributed by atoms with Crippen molar-refractivity contribution in [3.8, 4) is 0 Å². The van der Waals surface area contributed by atoms with Gasteiger partial charge in [-0.15, -0.1) is 0 Å². The number of carbonyl (C=O) groups excluding carboxylic acids is 1. The van der Waals surface area contributed by atoms with Crippen LogP contribution in [0.2, 0.25) is 0 Å². The summed E-state index contributed by atoms with van der Waals surface area (Å²) in [5, 5.41) is 22.9. The molecule has 0 heterocycles. The molecular formula is C21H30O4. The Morgan fingerprint density at radius 3 is 2.56 bits per heavy atom. The van der Waals surface area contributed by atoms with Crippen LogP contribution in [0.1, 0.15) is 66.7 Å². The maximum atomic E-state index is 11.7. The first-order valence-corrected chi connectivity index (χ1v) is 9.26. The summed E-state index contributed by atoms with van der Waals surface area (Å²) in [4.78, 5) is 11.7. The number of hydrogen-bond donors (Lipinski definition) is 2. The monoisotopic (exact) mass is 346 g/mol. The first-order chi connectivity index (χ1) is 11.6. The van der Waals surface area contributed by atoms with Gasteiger partial charge in [-0.1, -0.05) is 36.6 Å². The van der Waals surface area contributed by atoms with E-state index in [-0.39, 0.29) is 5.97 Å². The number of allylic oxidation sites excluding steroid dienone is 3. The van der Waals surface area contributed by atoms with Crippen LogP contribution in [0.4, 0.5) is 0 Å². The second-order valence-corrected chi connectivity index (χ2v) is 8.41. The molecule has 0 spiro atoms. The summed E-state index contributed by atoms with van der Waals surface area (Å²) in [6.45, 7) is 9.54. The molecule has 3 aliphatic rings. The molecule has 0 amide bonds. The van der Waals surface area contributed by atoms with Gasteiger partial charge in [0.05, 0.1) is 0 Å². The molecule has 3 atom stereocenters. The number of esters is 1. The van der Waals surface area contributed by atoms with E-state index < -0.39 is 23.2 Å². The topological polar surface area (TPSA) is 66.8 Å². The van der Waals surface area contributed by atoms with Crippen molar-refractivity contribution in [2.45, 2.75) is 84.5 Å². The molecule has 0 saturated heterocycles. The Balaban J connectivity index is 2.23. The summed E-state index contributed by atoms with van der Waals surface area (Å²) < 4.78 is 5.69. The highest BCUT2D eigenvalue weighted by Gasteiger charge is 2.56. The van der Waals surface area contributed by atoms with E-state index in [9.17, 15) is 15.0 Å². The van der Waals surface area contributed by atoms with Gasteiger partial charge in [0.2, 0.25) is 0 Å². The number of rotatable bonds is 1. The van der Waals surface area contributed by atoms with Crippen LogP contribution in [0.3, 0.4) is 0 Å². The molecular weight excluding hydrogens is 316 g/mol. The van der Waals surface area contributed by atoms with Crippen molar-refractivity contribution < 1.29 is 19.7 Å². The summed E-state index contributed by atoms with van der Waals surface area (Å²) in [6.07, 6.45) is 4.31. The highest BCUT2D eigenvalue weighted by molar-refractivity contribution is 5.67. The zero-order valence-electron chi connectivity index (χ0n) is 16.0. The lowest BCUT2D eigenvalue weighted by molar-refractivity contribution is -0.149. The van der Waals surface area contributed by atoms with Gasteiger partial charge in [-0.3, -0.25) is 4.79 Å². The smallest absolute Gasteiger partial charge is 0.303 e. The number of fused-ring (bicyclic) bond motifs is 3. The fourth-order valence-electron chi connectivity index (χ4n) is 5.02. The Labute approximate surface area is 150 Å². The quantitative estimate of drug-likeness (QED) is 0.562. The molecule has 0 radical (unpaired) electrons. The third-order valence-electron chi connectivity index (χ3n) is 6.66. The Kier molecular flexibility index (Phi) is 4.49. The van der Waals surface area contributed by atoms with Gasteiger partial charge in [-0.25, -0.2) is 0 Å². The Morgan fingerprint density at radius 2 is 1.92 bits per heavy atom. The molecule has 0 unspecified atom stereocenters. The van der Waals surface area contributed by atoms with Crippen molar-refractivity contribution >= 4 is 5.97 Å². The van der Waals surface area contributed by atoms with Crippen LogP contribution in [0.25, 0.3) is 0 Å². The summed E-state index contributed by atoms with van der Waals surface area (Å²) in [7, 11) is 0. The zero-order chi connectivity index (χ0) is 18.6. The second kappa shape index (κ2) is 6.10. The van der Waals surface area contributed by atoms with Crippen LogP contribution in [0.5, 0.6) is 0 Å². The molecule has 0 aromatic heterocycles. The predicted octanol–water partition coefficient (Wildman–Crippen LogP) is 3.59. The molecule has 3 rings (SSSR count). The molecule has 25 heavy (non-hydrogen) atoms. The Morgan fingerprint density at radius 1 is 1.24 bits per heavy atom. The molecule has 138 valence electrons. The number of aliphatic hydroxyl groups is 2. The first-order valence-electron chi connectivity index (χ1n) is 9.26. The lowest BCUT2D eigenvalue weighted by atomic mass is 9.55. The standard InChI is InChI=1S/C21H30O4/c1-12-9-10-21(24)19(23)18-13(2)7-6-8-15(18)17(25-14(3)22)11-16(12)20(21,4)5/h8,17,19,23-24H,6-7,9-11H2,1-5H3/t17-,19-,21-/m0/s1.